The van der Waals surface area contributed by atoms with E-state index in [1.807, 2.05) is 11.0 Å². The summed E-state index contributed by atoms with van der Waals surface area (Å²) in [5.74, 6) is 0.459. The third kappa shape index (κ3) is 3.31. The van der Waals surface area contributed by atoms with Crippen LogP contribution in [0.5, 0.6) is 0 Å². The molecule has 0 spiro atoms. The maximum atomic E-state index is 12.6. The van der Waals surface area contributed by atoms with E-state index in [0.29, 0.717) is 31.1 Å². The van der Waals surface area contributed by atoms with Crippen LogP contribution in [0.25, 0.3) is 0 Å². The smallest absolute Gasteiger partial charge is 0.370 e. The second-order valence-corrected chi connectivity index (χ2v) is 5.27. The van der Waals surface area contributed by atoms with Crippen LogP contribution < -0.4 is 4.90 Å². The zero-order valence-electron chi connectivity index (χ0n) is 12.5. The van der Waals surface area contributed by atoms with Gasteiger partial charge in [-0.05, 0) is 17.7 Å². The van der Waals surface area contributed by atoms with Gasteiger partial charge in [0, 0.05) is 25.5 Å². The number of ether oxygens (including phenoxy) is 1. The molecule has 124 valence electrons. The van der Waals surface area contributed by atoms with Gasteiger partial charge in [0.2, 0.25) is 0 Å². The normalized spacial score (nSPS) is 18.2. The fraction of sp³-hybridized carbons (Fsp3) is 0.312. The molecule has 0 saturated carbocycles. The van der Waals surface area contributed by atoms with Crippen LogP contribution in [0.4, 0.5) is 19.0 Å². The molecule has 1 atom stereocenters. The van der Waals surface area contributed by atoms with Crippen molar-refractivity contribution >= 4 is 5.82 Å². The first-order chi connectivity index (χ1) is 11.5. The molecule has 1 saturated heterocycles. The lowest BCUT2D eigenvalue weighted by Crippen LogP contribution is -2.39. The molecule has 2 heterocycles. The highest BCUT2D eigenvalue weighted by Crippen LogP contribution is 2.31. The second kappa shape index (κ2) is 6.45. The van der Waals surface area contributed by atoms with Crippen molar-refractivity contribution in [3.63, 3.8) is 0 Å². The standard InChI is InChI=1S/C16H13F3N4O/c17-16(18,19)12-3-1-11(2-4-12)14-10-23(7-8-24-14)15-13(9-20)21-5-6-22-15/h1-6,14H,7-8,10H2. The Hall–Kier alpha value is -2.66. The van der Waals surface area contributed by atoms with E-state index in [1.165, 1.54) is 24.5 Å². The number of anilines is 1. The average molecular weight is 334 g/mol. The molecule has 24 heavy (non-hydrogen) atoms. The van der Waals surface area contributed by atoms with E-state index in [9.17, 15) is 13.2 Å². The molecule has 1 aliphatic heterocycles. The highest BCUT2D eigenvalue weighted by molar-refractivity contribution is 5.50. The molecular formula is C16H13F3N4O. The Morgan fingerprint density at radius 1 is 1.17 bits per heavy atom. The minimum atomic E-state index is -4.36. The van der Waals surface area contributed by atoms with Crippen LogP contribution in [-0.4, -0.2) is 29.7 Å². The summed E-state index contributed by atoms with van der Waals surface area (Å²) < 4.78 is 43.6. The van der Waals surface area contributed by atoms with E-state index in [1.54, 1.807) is 0 Å². The number of nitrogens with zero attached hydrogens (tertiary/aromatic N) is 4. The Morgan fingerprint density at radius 2 is 1.88 bits per heavy atom. The van der Waals surface area contributed by atoms with Gasteiger partial charge in [-0.2, -0.15) is 18.4 Å². The Balaban J connectivity index is 1.80. The number of halogens is 3. The Kier molecular flexibility index (Phi) is 4.36. The Bertz CT molecular complexity index is 755. The predicted molar refractivity (Wildman–Crippen MR) is 79.1 cm³/mol. The van der Waals surface area contributed by atoms with E-state index in [0.717, 1.165) is 12.1 Å². The molecule has 0 radical (unpaired) electrons. The van der Waals surface area contributed by atoms with E-state index >= 15 is 0 Å². The van der Waals surface area contributed by atoms with Crippen LogP contribution in [0.3, 0.4) is 0 Å². The average Bonchev–Trinajstić information content (AvgIpc) is 2.61. The molecule has 0 amide bonds. The molecular weight excluding hydrogens is 321 g/mol. The zero-order chi connectivity index (χ0) is 17.2. The van der Waals surface area contributed by atoms with Crippen molar-refractivity contribution in [2.45, 2.75) is 12.3 Å². The number of nitriles is 1. The summed E-state index contributed by atoms with van der Waals surface area (Å²) in [5.41, 5.74) is 0.167. The Labute approximate surface area is 136 Å². The van der Waals surface area contributed by atoms with Gasteiger partial charge in [-0.1, -0.05) is 12.1 Å². The topological polar surface area (TPSA) is 62.0 Å². The van der Waals surface area contributed by atoms with Gasteiger partial charge in [-0.25, -0.2) is 9.97 Å². The summed E-state index contributed by atoms with van der Waals surface area (Å²) in [5, 5.41) is 9.12. The maximum Gasteiger partial charge on any atom is 0.416 e. The number of morpholine rings is 1. The molecule has 0 aliphatic carbocycles. The van der Waals surface area contributed by atoms with Gasteiger partial charge >= 0.3 is 6.18 Å². The van der Waals surface area contributed by atoms with Crippen molar-refractivity contribution < 1.29 is 17.9 Å². The van der Waals surface area contributed by atoms with E-state index < -0.39 is 17.8 Å². The highest BCUT2D eigenvalue weighted by atomic mass is 19.4. The van der Waals surface area contributed by atoms with Crippen LogP contribution in [0, 0.1) is 11.3 Å². The minimum Gasteiger partial charge on any atom is -0.370 e. The van der Waals surface area contributed by atoms with Gasteiger partial charge in [0.1, 0.15) is 12.2 Å². The maximum absolute atomic E-state index is 12.6. The van der Waals surface area contributed by atoms with Crippen molar-refractivity contribution in [3.05, 3.63) is 53.5 Å². The zero-order valence-corrected chi connectivity index (χ0v) is 12.5. The molecule has 0 N–H and O–H groups in total. The SMILES string of the molecule is N#Cc1nccnc1N1CCOC(c2ccc(C(F)(F)F)cc2)C1. The van der Waals surface area contributed by atoms with Crippen molar-refractivity contribution in [1.29, 1.82) is 5.26 Å². The lowest BCUT2D eigenvalue weighted by Gasteiger charge is -2.34. The lowest BCUT2D eigenvalue weighted by atomic mass is 10.1. The number of aromatic nitrogens is 2. The van der Waals surface area contributed by atoms with Crippen LogP contribution in [0.15, 0.2) is 36.7 Å². The van der Waals surface area contributed by atoms with Crippen LogP contribution in [0.1, 0.15) is 22.9 Å². The summed E-state index contributed by atoms with van der Waals surface area (Å²) in [6.45, 7) is 1.30. The van der Waals surface area contributed by atoms with Crippen LogP contribution in [-0.2, 0) is 10.9 Å². The van der Waals surface area contributed by atoms with Crippen molar-refractivity contribution in [2.24, 2.45) is 0 Å². The van der Waals surface area contributed by atoms with Gasteiger partial charge in [-0.3, -0.25) is 0 Å². The van der Waals surface area contributed by atoms with Crippen molar-refractivity contribution in [3.8, 4) is 6.07 Å². The van der Waals surface area contributed by atoms with E-state index in [4.69, 9.17) is 10.00 Å². The van der Waals surface area contributed by atoms with Gasteiger partial charge in [-0.15, -0.1) is 0 Å². The summed E-state index contributed by atoms with van der Waals surface area (Å²) >= 11 is 0. The predicted octanol–water partition coefficient (Wildman–Crippen LogP) is 2.94. The van der Waals surface area contributed by atoms with Gasteiger partial charge in [0.05, 0.1) is 12.2 Å². The monoisotopic (exact) mass is 334 g/mol. The second-order valence-electron chi connectivity index (χ2n) is 5.27. The third-order valence-electron chi connectivity index (χ3n) is 3.76. The fourth-order valence-electron chi connectivity index (χ4n) is 2.57. The van der Waals surface area contributed by atoms with Crippen molar-refractivity contribution in [1.82, 2.24) is 9.97 Å². The van der Waals surface area contributed by atoms with E-state index in [-0.39, 0.29) is 5.69 Å². The highest BCUT2D eigenvalue weighted by Gasteiger charge is 2.31. The molecule has 5 nitrogen and oxygen atoms in total. The molecule has 1 aliphatic rings. The number of hydrogen-bond acceptors (Lipinski definition) is 5. The minimum absolute atomic E-state index is 0.213. The molecule has 1 unspecified atom stereocenters. The molecule has 2 aromatic rings. The summed E-state index contributed by atoms with van der Waals surface area (Å²) in [4.78, 5) is 10.0. The fourth-order valence-corrected chi connectivity index (χ4v) is 2.57. The molecule has 0 bridgehead atoms. The van der Waals surface area contributed by atoms with Crippen LogP contribution in [0.2, 0.25) is 0 Å². The molecule has 8 heteroatoms. The van der Waals surface area contributed by atoms with Crippen LogP contribution >= 0.6 is 0 Å². The summed E-state index contributed by atoms with van der Waals surface area (Å²) in [7, 11) is 0. The quantitative estimate of drug-likeness (QED) is 0.845. The number of hydrogen-bond donors (Lipinski definition) is 0. The van der Waals surface area contributed by atoms with E-state index in [2.05, 4.69) is 9.97 Å². The number of benzene rings is 1. The molecule has 1 fully saturated rings. The van der Waals surface area contributed by atoms with Gasteiger partial charge in [0.25, 0.3) is 0 Å². The third-order valence-corrected chi connectivity index (χ3v) is 3.76. The first kappa shape index (κ1) is 16.2. The van der Waals surface area contributed by atoms with Crippen molar-refractivity contribution in [2.75, 3.05) is 24.6 Å². The molecule has 1 aromatic heterocycles. The lowest BCUT2D eigenvalue weighted by molar-refractivity contribution is -0.137. The van der Waals surface area contributed by atoms with Gasteiger partial charge < -0.3 is 9.64 Å². The number of rotatable bonds is 2. The first-order valence-corrected chi connectivity index (χ1v) is 7.24. The largest absolute Gasteiger partial charge is 0.416 e. The Morgan fingerprint density at radius 3 is 2.54 bits per heavy atom. The first-order valence-electron chi connectivity index (χ1n) is 7.24. The van der Waals surface area contributed by atoms with Gasteiger partial charge in [0.15, 0.2) is 11.5 Å². The molecule has 3 rings (SSSR count). The molecule has 1 aromatic carbocycles. The summed E-state index contributed by atoms with van der Waals surface area (Å²) in [6, 6.07) is 6.91. The summed E-state index contributed by atoms with van der Waals surface area (Å²) in [6.07, 6.45) is -1.82. The number of alkyl halides is 3.